The molecule has 49 heavy (non-hydrogen) atoms. The monoisotopic (exact) mass is 667 g/mol. The van der Waals surface area contributed by atoms with Crippen molar-refractivity contribution in [2.24, 2.45) is 4.99 Å². The molecule has 0 saturated carbocycles. The summed E-state index contributed by atoms with van der Waals surface area (Å²) in [5, 5.41) is 3.21. The third-order valence-electron chi connectivity index (χ3n) is 7.65. The van der Waals surface area contributed by atoms with Gasteiger partial charge in [-0.25, -0.2) is 0 Å². The van der Waals surface area contributed by atoms with Crippen LogP contribution in [-0.4, -0.2) is 33.5 Å². The number of rotatable bonds is 12. The number of amidine groups is 1. The molecule has 5 rings (SSSR count). The SMILES string of the molecule is C=C/C=C\C(=C/C)N1C(=O)/C(=C/c2ccccc2OCc2ccc(C)cc2)C(=O)N=C1SCC(=O)NC(c1ccccc1)c1ccccc1. The van der Waals surface area contributed by atoms with Crippen LogP contribution in [-0.2, 0) is 21.0 Å². The van der Waals surface area contributed by atoms with E-state index in [0.717, 1.165) is 34.0 Å². The van der Waals surface area contributed by atoms with Gasteiger partial charge < -0.3 is 10.1 Å². The predicted molar refractivity (Wildman–Crippen MR) is 198 cm³/mol. The molecular weight excluding hydrogens is 631 g/mol. The second kappa shape index (κ2) is 16.9. The average Bonchev–Trinajstić information content (AvgIpc) is 3.13. The fourth-order valence-corrected chi connectivity index (χ4v) is 5.93. The Morgan fingerprint density at radius 3 is 2.18 bits per heavy atom. The van der Waals surface area contributed by atoms with Crippen LogP contribution in [0.15, 0.2) is 156 Å². The Hall–Kier alpha value is -5.73. The molecule has 0 aliphatic carbocycles. The summed E-state index contributed by atoms with van der Waals surface area (Å²) in [5.41, 5.74) is 4.91. The molecule has 3 amide bonds. The third kappa shape index (κ3) is 9.00. The number of carbonyl (C=O) groups excluding carboxylic acids is 3. The number of benzene rings is 4. The van der Waals surface area contributed by atoms with Gasteiger partial charge >= 0.3 is 0 Å². The summed E-state index contributed by atoms with van der Waals surface area (Å²) in [6.07, 6.45) is 8.23. The van der Waals surface area contributed by atoms with E-state index in [4.69, 9.17) is 4.74 Å². The molecule has 1 aliphatic heterocycles. The molecule has 0 aromatic heterocycles. The number of amides is 3. The lowest BCUT2D eigenvalue weighted by molar-refractivity contribution is -0.126. The number of carbonyl (C=O) groups is 3. The largest absolute Gasteiger partial charge is 0.488 e. The molecule has 0 bridgehead atoms. The standard InChI is InChI=1S/C41H37N3O4S/c1-4-6-20-34(5-2)44-40(47)35(26-33-19-13-14-21-36(33)48-27-30-24-22-29(3)23-25-30)39(46)43-41(44)49-28-37(45)42-38(31-15-9-7-10-16-31)32-17-11-8-12-18-32/h4-26,38H,1,27-28H2,2-3H3,(H,42,45)/b20-6-,34-5+,35-26+. The maximum Gasteiger partial charge on any atom is 0.285 e. The van der Waals surface area contributed by atoms with Gasteiger partial charge in [0.05, 0.1) is 11.8 Å². The number of hydrogen-bond donors (Lipinski definition) is 1. The van der Waals surface area contributed by atoms with Crippen LogP contribution in [0.3, 0.4) is 0 Å². The summed E-state index contributed by atoms with van der Waals surface area (Å²) < 4.78 is 6.11. The lowest BCUT2D eigenvalue weighted by atomic mass is 9.99. The minimum absolute atomic E-state index is 0.0804. The number of hydrogen-bond acceptors (Lipinski definition) is 5. The number of aliphatic imine (C=N–C) groups is 1. The highest BCUT2D eigenvalue weighted by atomic mass is 32.2. The van der Waals surface area contributed by atoms with Crippen LogP contribution in [0.2, 0.25) is 0 Å². The van der Waals surface area contributed by atoms with Crippen LogP contribution in [0.4, 0.5) is 0 Å². The molecule has 1 N–H and O–H groups in total. The summed E-state index contributed by atoms with van der Waals surface area (Å²) in [4.78, 5) is 46.7. The Bertz CT molecular complexity index is 1890. The van der Waals surface area contributed by atoms with Crippen LogP contribution in [0.25, 0.3) is 6.08 Å². The summed E-state index contributed by atoms with van der Waals surface area (Å²) >= 11 is 1.02. The lowest BCUT2D eigenvalue weighted by Crippen LogP contribution is -2.42. The maximum atomic E-state index is 14.1. The maximum absolute atomic E-state index is 14.1. The molecule has 1 aliphatic rings. The molecule has 4 aromatic rings. The molecule has 7 nitrogen and oxygen atoms in total. The van der Waals surface area contributed by atoms with Crippen molar-refractivity contribution < 1.29 is 19.1 Å². The molecule has 246 valence electrons. The van der Waals surface area contributed by atoms with E-state index in [1.165, 1.54) is 11.0 Å². The molecule has 0 radical (unpaired) electrons. The summed E-state index contributed by atoms with van der Waals surface area (Å²) in [7, 11) is 0. The number of aryl methyl sites for hydroxylation is 1. The van der Waals surface area contributed by atoms with E-state index in [1.54, 1.807) is 43.4 Å². The zero-order chi connectivity index (χ0) is 34.6. The summed E-state index contributed by atoms with van der Waals surface area (Å²) in [5.74, 6) is -1.11. The second-order valence-corrected chi connectivity index (χ2v) is 12.1. The summed E-state index contributed by atoms with van der Waals surface area (Å²) in [6.45, 7) is 7.86. The van der Waals surface area contributed by atoms with E-state index in [0.29, 0.717) is 23.6 Å². The molecule has 1 heterocycles. The van der Waals surface area contributed by atoms with E-state index in [9.17, 15) is 14.4 Å². The van der Waals surface area contributed by atoms with Gasteiger partial charge in [0.25, 0.3) is 11.8 Å². The lowest BCUT2D eigenvalue weighted by Gasteiger charge is -2.28. The number of nitrogens with zero attached hydrogens (tertiary/aromatic N) is 2. The van der Waals surface area contributed by atoms with Crippen molar-refractivity contribution >= 4 is 40.7 Å². The number of nitrogens with one attached hydrogen (secondary N) is 1. The van der Waals surface area contributed by atoms with E-state index in [2.05, 4.69) is 16.9 Å². The van der Waals surface area contributed by atoms with Gasteiger partial charge in [0, 0.05) is 11.3 Å². The smallest absolute Gasteiger partial charge is 0.285 e. The molecular formula is C41H37N3O4S. The van der Waals surface area contributed by atoms with Gasteiger partial charge in [-0.15, -0.1) is 0 Å². The van der Waals surface area contributed by atoms with Crippen LogP contribution in [0.5, 0.6) is 5.75 Å². The van der Waals surface area contributed by atoms with Gasteiger partial charge in [-0.1, -0.05) is 145 Å². The first-order chi connectivity index (χ1) is 23.9. The Labute approximate surface area is 291 Å². The van der Waals surface area contributed by atoms with Crippen molar-refractivity contribution in [2.45, 2.75) is 26.5 Å². The molecule has 8 heteroatoms. The van der Waals surface area contributed by atoms with Gasteiger partial charge in [-0.3, -0.25) is 19.3 Å². The van der Waals surface area contributed by atoms with Gasteiger partial charge in [-0.05, 0) is 48.8 Å². The Morgan fingerprint density at radius 1 is 0.918 bits per heavy atom. The molecule has 0 saturated heterocycles. The zero-order valence-corrected chi connectivity index (χ0v) is 28.2. The van der Waals surface area contributed by atoms with Crippen molar-refractivity contribution in [3.63, 3.8) is 0 Å². The molecule has 0 spiro atoms. The number of para-hydroxylation sites is 1. The fraction of sp³-hybridized carbons (Fsp3) is 0.122. The highest BCUT2D eigenvalue weighted by Gasteiger charge is 2.35. The van der Waals surface area contributed by atoms with E-state index < -0.39 is 11.8 Å². The van der Waals surface area contributed by atoms with Gasteiger partial charge in [-0.2, -0.15) is 4.99 Å². The molecule has 4 aromatic carbocycles. The molecule has 0 fully saturated rings. The number of allylic oxidation sites excluding steroid dienone is 4. The van der Waals surface area contributed by atoms with Gasteiger partial charge in [0.2, 0.25) is 5.91 Å². The first-order valence-corrected chi connectivity index (χ1v) is 16.8. The normalized spacial score (nSPS) is 14.3. The molecule has 0 atom stereocenters. The van der Waals surface area contributed by atoms with Crippen LogP contribution < -0.4 is 10.1 Å². The minimum atomic E-state index is -0.702. The van der Waals surface area contributed by atoms with Crippen molar-refractivity contribution in [2.75, 3.05) is 5.75 Å². The predicted octanol–water partition coefficient (Wildman–Crippen LogP) is 7.97. The quantitative estimate of drug-likeness (QED) is 0.0941. The van der Waals surface area contributed by atoms with Crippen molar-refractivity contribution in [1.82, 2.24) is 10.2 Å². The van der Waals surface area contributed by atoms with Crippen molar-refractivity contribution in [3.8, 4) is 5.75 Å². The van der Waals surface area contributed by atoms with E-state index in [1.807, 2.05) is 104 Å². The van der Waals surface area contributed by atoms with Gasteiger partial charge in [0.15, 0.2) is 5.17 Å². The van der Waals surface area contributed by atoms with Crippen LogP contribution in [0.1, 0.15) is 40.8 Å². The van der Waals surface area contributed by atoms with Crippen molar-refractivity contribution in [3.05, 3.63) is 179 Å². The van der Waals surface area contributed by atoms with Gasteiger partial charge in [0.1, 0.15) is 17.9 Å². The van der Waals surface area contributed by atoms with Crippen molar-refractivity contribution in [1.29, 1.82) is 0 Å². The highest BCUT2D eigenvalue weighted by molar-refractivity contribution is 8.14. The van der Waals surface area contributed by atoms with E-state index >= 15 is 0 Å². The highest BCUT2D eigenvalue weighted by Crippen LogP contribution is 2.29. The van der Waals surface area contributed by atoms with Crippen LogP contribution >= 0.6 is 11.8 Å². The first kappa shape index (κ1) is 34.6. The number of thioether (sulfide) groups is 1. The average molecular weight is 668 g/mol. The zero-order valence-electron chi connectivity index (χ0n) is 27.4. The third-order valence-corrected chi connectivity index (χ3v) is 8.59. The topological polar surface area (TPSA) is 88.1 Å². The Balaban J connectivity index is 1.40. The second-order valence-electron chi connectivity index (χ2n) is 11.1. The Morgan fingerprint density at radius 2 is 1.55 bits per heavy atom. The first-order valence-electron chi connectivity index (χ1n) is 15.8. The summed E-state index contributed by atoms with van der Waals surface area (Å²) in [6, 6.07) is 34.2. The minimum Gasteiger partial charge on any atom is -0.488 e. The molecule has 0 unspecified atom stereocenters. The fourth-order valence-electron chi connectivity index (χ4n) is 5.13. The van der Waals surface area contributed by atoms with Crippen LogP contribution in [0, 0.1) is 6.92 Å². The number of ether oxygens (including phenoxy) is 1. The Kier molecular flexibility index (Phi) is 11.9. The van der Waals surface area contributed by atoms with E-state index in [-0.39, 0.29) is 28.4 Å².